The van der Waals surface area contributed by atoms with E-state index in [0.717, 1.165) is 18.5 Å². The molecule has 0 spiro atoms. The Balaban J connectivity index is 2.32. The fourth-order valence-electron chi connectivity index (χ4n) is 1.58. The quantitative estimate of drug-likeness (QED) is 0.561. The second kappa shape index (κ2) is 8.84. The van der Waals surface area contributed by atoms with E-state index >= 15 is 0 Å². The predicted octanol–water partition coefficient (Wildman–Crippen LogP) is 3.28. The molecule has 0 fully saturated rings. The van der Waals surface area contributed by atoms with Crippen molar-refractivity contribution in [3.8, 4) is 5.75 Å². The Labute approximate surface area is 121 Å². The molecule has 7 heteroatoms. The standard InChI is InChI=1S/C14H19F4NO2/c1-2-5-19-9-11-3-4-13(12(15)8-11)21-7-6-20-10-14(16,17)18/h3-4,8,19H,2,5-7,9-10H2,1H3. The molecule has 0 bridgehead atoms. The molecular formula is C14H19F4NO2. The number of benzene rings is 1. The van der Waals surface area contributed by atoms with Gasteiger partial charge in [-0.25, -0.2) is 4.39 Å². The van der Waals surface area contributed by atoms with Gasteiger partial charge >= 0.3 is 6.18 Å². The average molecular weight is 309 g/mol. The van der Waals surface area contributed by atoms with Crippen molar-refractivity contribution in [3.63, 3.8) is 0 Å². The van der Waals surface area contributed by atoms with Gasteiger partial charge in [-0.15, -0.1) is 0 Å². The normalized spacial score (nSPS) is 11.7. The molecule has 0 saturated heterocycles. The van der Waals surface area contributed by atoms with Gasteiger partial charge in [-0.3, -0.25) is 0 Å². The number of hydrogen-bond donors (Lipinski definition) is 1. The summed E-state index contributed by atoms with van der Waals surface area (Å²) in [4.78, 5) is 0. The first-order valence-electron chi connectivity index (χ1n) is 6.69. The summed E-state index contributed by atoms with van der Waals surface area (Å²) in [5.41, 5.74) is 0.779. The van der Waals surface area contributed by atoms with Crippen LogP contribution in [-0.2, 0) is 11.3 Å². The summed E-state index contributed by atoms with van der Waals surface area (Å²) < 4.78 is 58.5. The molecule has 21 heavy (non-hydrogen) atoms. The van der Waals surface area contributed by atoms with Crippen LogP contribution in [0, 0.1) is 5.82 Å². The first-order chi connectivity index (χ1) is 9.92. The number of hydrogen-bond acceptors (Lipinski definition) is 3. The molecular weight excluding hydrogens is 290 g/mol. The van der Waals surface area contributed by atoms with Crippen LogP contribution in [0.15, 0.2) is 18.2 Å². The average Bonchev–Trinajstić information content (AvgIpc) is 2.39. The van der Waals surface area contributed by atoms with Crippen molar-refractivity contribution in [3.05, 3.63) is 29.6 Å². The number of alkyl halides is 3. The van der Waals surface area contributed by atoms with Crippen LogP contribution in [0.5, 0.6) is 5.75 Å². The molecule has 1 aromatic carbocycles. The smallest absolute Gasteiger partial charge is 0.411 e. The summed E-state index contributed by atoms with van der Waals surface area (Å²) in [6.45, 7) is 1.71. The van der Waals surface area contributed by atoms with Gasteiger partial charge < -0.3 is 14.8 Å². The van der Waals surface area contributed by atoms with Crippen molar-refractivity contribution in [2.45, 2.75) is 26.1 Å². The van der Waals surface area contributed by atoms with Gasteiger partial charge in [-0.2, -0.15) is 13.2 Å². The highest BCUT2D eigenvalue weighted by Gasteiger charge is 2.27. The number of ether oxygens (including phenoxy) is 2. The lowest BCUT2D eigenvalue weighted by Crippen LogP contribution is -2.19. The van der Waals surface area contributed by atoms with Gasteiger partial charge in [0.1, 0.15) is 13.2 Å². The van der Waals surface area contributed by atoms with Gasteiger partial charge in [0.05, 0.1) is 6.61 Å². The van der Waals surface area contributed by atoms with Crippen molar-refractivity contribution >= 4 is 0 Å². The van der Waals surface area contributed by atoms with Gasteiger partial charge in [0.25, 0.3) is 0 Å². The molecule has 0 aliphatic heterocycles. The van der Waals surface area contributed by atoms with Crippen molar-refractivity contribution in [2.75, 3.05) is 26.4 Å². The molecule has 0 aliphatic carbocycles. The van der Waals surface area contributed by atoms with E-state index in [0.29, 0.717) is 6.54 Å². The molecule has 0 heterocycles. The molecule has 0 aliphatic rings. The molecule has 0 amide bonds. The summed E-state index contributed by atoms with van der Waals surface area (Å²) in [5, 5.41) is 3.14. The highest BCUT2D eigenvalue weighted by Crippen LogP contribution is 2.18. The predicted molar refractivity (Wildman–Crippen MR) is 70.8 cm³/mol. The minimum absolute atomic E-state index is 0.00449. The zero-order chi connectivity index (χ0) is 15.7. The lowest BCUT2D eigenvalue weighted by molar-refractivity contribution is -0.175. The van der Waals surface area contributed by atoms with E-state index in [4.69, 9.17) is 4.74 Å². The van der Waals surface area contributed by atoms with Crippen molar-refractivity contribution in [1.29, 1.82) is 0 Å². The topological polar surface area (TPSA) is 30.5 Å². The minimum Gasteiger partial charge on any atom is -0.488 e. The van der Waals surface area contributed by atoms with Crippen LogP contribution >= 0.6 is 0 Å². The number of nitrogens with one attached hydrogen (secondary N) is 1. The van der Waals surface area contributed by atoms with E-state index in [1.165, 1.54) is 12.1 Å². The molecule has 0 radical (unpaired) electrons. The van der Waals surface area contributed by atoms with Crippen LogP contribution in [0.4, 0.5) is 17.6 Å². The van der Waals surface area contributed by atoms with E-state index in [1.54, 1.807) is 6.07 Å². The third-order valence-electron chi connectivity index (χ3n) is 2.50. The molecule has 1 N–H and O–H groups in total. The van der Waals surface area contributed by atoms with E-state index < -0.39 is 18.6 Å². The first kappa shape index (κ1) is 17.7. The van der Waals surface area contributed by atoms with Crippen molar-refractivity contribution < 1.29 is 27.0 Å². The summed E-state index contributed by atoms with van der Waals surface area (Å²) in [6, 6.07) is 4.51. The number of rotatable bonds is 9. The monoisotopic (exact) mass is 309 g/mol. The van der Waals surface area contributed by atoms with Crippen LogP contribution in [0.25, 0.3) is 0 Å². The van der Waals surface area contributed by atoms with Crippen molar-refractivity contribution in [2.24, 2.45) is 0 Å². The third-order valence-corrected chi connectivity index (χ3v) is 2.50. The fourth-order valence-corrected chi connectivity index (χ4v) is 1.58. The highest BCUT2D eigenvalue weighted by atomic mass is 19.4. The summed E-state index contributed by atoms with van der Waals surface area (Å²) in [5.74, 6) is -0.536. The van der Waals surface area contributed by atoms with Crippen LogP contribution in [-0.4, -0.2) is 32.5 Å². The largest absolute Gasteiger partial charge is 0.488 e. The molecule has 0 aromatic heterocycles. The maximum atomic E-state index is 13.7. The van der Waals surface area contributed by atoms with E-state index in [9.17, 15) is 17.6 Å². The van der Waals surface area contributed by atoms with E-state index in [2.05, 4.69) is 10.1 Å². The SMILES string of the molecule is CCCNCc1ccc(OCCOCC(F)(F)F)c(F)c1. The maximum Gasteiger partial charge on any atom is 0.411 e. The molecule has 0 saturated carbocycles. The number of halogens is 4. The van der Waals surface area contributed by atoms with Gasteiger partial charge in [0.2, 0.25) is 0 Å². The Hall–Kier alpha value is -1.34. The van der Waals surface area contributed by atoms with Gasteiger partial charge in [-0.1, -0.05) is 13.0 Å². The zero-order valence-electron chi connectivity index (χ0n) is 11.8. The lowest BCUT2D eigenvalue weighted by atomic mass is 10.2. The highest BCUT2D eigenvalue weighted by molar-refractivity contribution is 5.29. The minimum atomic E-state index is -4.36. The summed E-state index contributed by atoms with van der Waals surface area (Å²) >= 11 is 0. The van der Waals surface area contributed by atoms with Crippen molar-refractivity contribution in [1.82, 2.24) is 5.32 Å². The maximum absolute atomic E-state index is 13.7. The lowest BCUT2D eigenvalue weighted by Gasteiger charge is -2.10. The van der Waals surface area contributed by atoms with Gasteiger partial charge in [0.15, 0.2) is 11.6 Å². The Morgan fingerprint density at radius 2 is 1.95 bits per heavy atom. The molecule has 1 aromatic rings. The van der Waals surface area contributed by atoms with Crippen LogP contribution < -0.4 is 10.1 Å². The Morgan fingerprint density at radius 3 is 2.57 bits per heavy atom. The first-order valence-corrected chi connectivity index (χ1v) is 6.69. The van der Waals surface area contributed by atoms with Crippen LogP contribution in [0.2, 0.25) is 0 Å². The van der Waals surface area contributed by atoms with E-state index in [1.807, 2.05) is 6.92 Å². The third kappa shape index (κ3) is 7.87. The second-order valence-electron chi connectivity index (χ2n) is 4.46. The zero-order valence-corrected chi connectivity index (χ0v) is 11.8. The Morgan fingerprint density at radius 1 is 1.19 bits per heavy atom. The molecule has 1 rings (SSSR count). The van der Waals surface area contributed by atoms with Crippen LogP contribution in [0.3, 0.4) is 0 Å². The van der Waals surface area contributed by atoms with Gasteiger partial charge in [0, 0.05) is 6.54 Å². The molecule has 3 nitrogen and oxygen atoms in total. The molecule has 0 atom stereocenters. The molecule has 0 unspecified atom stereocenters. The Bertz CT molecular complexity index is 424. The molecule has 120 valence electrons. The fraction of sp³-hybridized carbons (Fsp3) is 0.571. The second-order valence-corrected chi connectivity index (χ2v) is 4.46. The van der Waals surface area contributed by atoms with Gasteiger partial charge in [-0.05, 0) is 30.7 Å². The summed E-state index contributed by atoms with van der Waals surface area (Å²) in [6.07, 6.45) is -3.38. The summed E-state index contributed by atoms with van der Waals surface area (Å²) in [7, 11) is 0. The Kier molecular flexibility index (Phi) is 7.45. The van der Waals surface area contributed by atoms with E-state index in [-0.39, 0.29) is 19.0 Å². The van der Waals surface area contributed by atoms with Crippen LogP contribution in [0.1, 0.15) is 18.9 Å².